The number of para-hydroxylation sites is 1. The molecule has 1 aromatic carbocycles. The molecule has 6 N–H and O–H groups in total. The fourth-order valence-electron chi connectivity index (χ4n) is 2.96. The molecule has 32 heavy (non-hydrogen) atoms. The van der Waals surface area contributed by atoms with Crippen molar-refractivity contribution >= 4 is 39.2 Å². The highest BCUT2D eigenvalue weighted by molar-refractivity contribution is 7.85. The fourth-order valence-corrected chi connectivity index (χ4v) is 2.96. The van der Waals surface area contributed by atoms with Crippen molar-refractivity contribution in [1.29, 1.82) is 0 Å². The van der Waals surface area contributed by atoms with Crippen LogP contribution in [0.5, 0.6) is 0 Å². The van der Waals surface area contributed by atoms with E-state index in [1.165, 1.54) is 0 Å². The lowest BCUT2D eigenvalue weighted by Crippen LogP contribution is -2.56. The van der Waals surface area contributed by atoms with E-state index in [9.17, 15) is 22.8 Å². The summed E-state index contributed by atoms with van der Waals surface area (Å²) >= 11 is 0. The van der Waals surface area contributed by atoms with Crippen LogP contribution in [0.1, 0.15) is 18.9 Å². The minimum atomic E-state index is -3.67. The Morgan fingerprint density at radius 1 is 1.28 bits per heavy atom. The maximum atomic E-state index is 12.4. The van der Waals surface area contributed by atoms with Crippen molar-refractivity contribution in [3.8, 4) is 0 Å². The van der Waals surface area contributed by atoms with E-state index in [0.717, 1.165) is 16.5 Å². The van der Waals surface area contributed by atoms with Gasteiger partial charge in [-0.2, -0.15) is 8.42 Å². The van der Waals surface area contributed by atoms with Gasteiger partial charge in [0.25, 0.3) is 10.1 Å². The van der Waals surface area contributed by atoms with Gasteiger partial charge in [0.2, 0.25) is 5.91 Å². The summed E-state index contributed by atoms with van der Waals surface area (Å²) in [5.74, 6) is -1.14. The summed E-state index contributed by atoms with van der Waals surface area (Å²) in [5, 5.41) is 3.61. The van der Waals surface area contributed by atoms with Crippen LogP contribution in [-0.2, 0) is 42.7 Å². The fraction of sp³-hybridized carbons (Fsp3) is 0.450. The van der Waals surface area contributed by atoms with Crippen LogP contribution in [0.3, 0.4) is 0 Å². The Morgan fingerprint density at radius 2 is 1.88 bits per heavy atom. The largest absolute Gasteiger partial charge is 0.464 e. The molecule has 0 saturated heterocycles. The lowest BCUT2D eigenvalue weighted by molar-refractivity contribution is -0.147. The first-order valence-corrected chi connectivity index (χ1v) is 11.6. The summed E-state index contributed by atoms with van der Waals surface area (Å²) < 4.78 is 32.9. The van der Waals surface area contributed by atoms with E-state index < -0.39 is 40.1 Å². The Labute approximate surface area is 186 Å². The number of fused-ring (bicyclic) bond motifs is 1. The predicted octanol–water partition coefficient (Wildman–Crippen LogP) is -0.484. The number of benzene rings is 1. The normalized spacial score (nSPS) is 13.9. The van der Waals surface area contributed by atoms with Crippen molar-refractivity contribution in [3.05, 3.63) is 36.0 Å². The third-order valence-corrected chi connectivity index (χ3v) is 4.42. The topological polar surface area (TPSA) is 184 Å². The number of aromatic nitrogens is 1. The maximum absolute atomic E-state index is 12.4. The quantitative estimate of drug-likeness (QED) is 0.213. The molecule has 0 aliphatic heterocycles. The zero-order valence-corrected chi connectivity index (χ0v) is 19.0. The Bertz CT molecular complexity index is 1030. The van der Waals surface area contributed by atoms with Crippen LogP contribution >= 0.6 is 0 Å². The summed E-state index contributed by atoms with van der Waals surface area (Å²) in [6.45, 7) is 1.89. The van der Waals surface area contributed by atoms with Crippen LogP contribution in [0.4, 0.5) is 0 Å². The Hall–Kier alpha value is -2.80. The van der Waals surface area contributed by atoms with E-state index in [2.05, 4.69) is 5.32 Å². The van der Waals surface area contributed by atoms with Crippen molar-refractivity contribution in [2.24, 2.45) is 18.5 Å². The number of carbonyl (C=O) groups is 3. The van der Waals surface area contributed by atoms with Gasteiger partial charge in [-0.3, -0.25) is 9.35 Å². The van der Waals surface area contributed by atoms with Gasteiger partial charge >= 0.3 is 5.97 Å². The highest BCUT2D eigenvalue weighted by Gasteiger charge is 2.28. The molecule has 11 nitrogen and oxygen atoms in total. The third kappa shape index (κ3) is 8.75. The smallest absolute Gasteiger partial charge is 0.328 e. The number of nitrogens with two attached hydrogens (primary N) is 2. The second-order valence-corrected chi connectivity index (χ2v) is 8.59. The number of hydrogen-bond acceptors (Lipinski definition) is 8. The van der Waals surface area contributed by atoms with Crippen LogP contribution < -0.4 is 16.8 Å². The summed E-state index contributed by atoms with van der Waals surface area (Å²) in [5.41, 5.74) is 13.5. The number of nitrogens with zero attached hydrogens (tertiary/aromatic N) is 1. The van der Waals surface area contributed by atoms with Gasteiger partial charge in [0.15, 0.2) is 0 Å². The van der Waals surface area contributed by atoms with Gasteiger partial charge in [0.05, 0.1) is 18.9 Å². The van der Waals surface area contributed by atoms with Gasteiger partial charge in [0.1, 0.15) is 12.3 Å². The number of rotatable bonds is 9. The number of amides is 1. The van der Waals surface area contributed by atoms with Gasteiger partial charge < -0.3 is 30.9 Å². The molecule has 0 aliphatic carbocycles. The highest BCUT2D eigenvalue weighted by atomic mass is 32.2. The number of esters is 1. The molecule has 0 bridgehead atoms. The highest BCUT2D eigenvalue weighted by Crippen LogP contribution is 2.21. The van der Waals surface area contributed by atoms with Gasteiger partial charge in [-0.1, -0.05) is 18.2 Å². The van der Waals surface area contributed by atoms with E-state index in [-0.39, 0.29) is 19.4 Å². The lowest BCUT2D eigenvalue weighted by Gasteiger charge is -2.22. The van der Waals surface area contributed by atoms with Gasteiger partial charge in [-0.25, -0.2) is 4.79 Å². The molecule has 0 spiro atoms. The monoisotopic (exact) mass is 470 g/mol. The second-order valence-electron chi connectivity index (χ2n) is 7.12. The van der Waals surface area contributed by atoms with Crippen LogP contribution in [0, 0.1) is 0 Å². The molecular formula is C20H30N4O7S. The van der Waals surface area contributed by atoms with Crippen LogP contribution in [0.25, 0.3) is 10.9 Å². The molecular weight excluding hydrogens is 440 g/mol. The van der Waals surface area contributed by atoms with Gasteiger partial charge in [0, 0.05) is 43.0 Å². The Kier molecular flexibility index (Phi) is 10.5. The van der Waals surface area contributed by atoms with E-state index >= 15 is 0 Å². The number of aldehydes is 1. The summed E-state index contributed by atoms with van der Waals surface area (Å²) in [7, 11) is -1.75. The molecule has 3 atom stereocenters. The summed E-state index contributed by atoms with van der Waals surface area (Å²) in [6.07, 6.45) is 3.45. The van der Waals surface area contributed by atoms with Crippen LogP contribution in [0.15, 0.2) is 30.5 Å². The molecule has 1 heterocycles. The average molecular weight is 471 g/mol. The van der Waals surface area contributed by atoms with Crippen molar-refractivity contribution in [3.63, 3.8) is 0 Å². The van der Waals surface area contributed by atoms with Gasteiger partial charge in [-0.15, -0.1) is 0 Å². The minimum absolute atomic E-state index is 0.0397. The Balaban J connectivity index is 0.000000920. The van der Waals surface area contributed by atoms with Crippen molar-refractivity contribution in [2.75, 3.05) is 12.9 Å². The molecule has 1 amide bonds. The lowest BCUT2D eigenvalue weighted by atomic mass is 10.0. The molecule has 2 aromatic rings. The molecule has 1 aromatic heterocycles. The third-order valence-electron chi connectivity index (χ3n) is 4.42. The number of carbonyl (C=O) groups excluding carboxylic acids is 3. The SMILES string of the molecule is CCOC(=O)C(Cc1cn(C)c2ccccc12)NC(=O)C(N)C(N)CC=O.CS(=O)(=O)O. The molecule has 0 aliphatic rings. The number of ether oxygens (including phenoxy) is 1. The van der Waals surface area contributed by atoms with E-state index in [1.54, 1.807) is 6.92 Å². The zero-order chi connectivity index (χ0) is 24.5. The van der Waals surface area contributed by atoms with E-state index in [4.69, 9.17) is 20.8 Å². The van der Waals surface area contributed by atoms with Gasteiger partial charge in [-0.05, 0) is 18.6 Å². The molecule has 0 radical (unpaired) electrons. The zero-order valence-electron chi connectivity index (χ0n) is 18.2. The van der Waals surface area contributed by atoms with Crippen LogP contribution in [0.2, 0.25) is 0 Å². The van der Waals surface area contributed by atoms with Crippen LogP contribution in [-0.4, -0.2) is 66.7 Å². The Morgan fingerprint density at radius 3 is 2.44 bits per heavy atom. The number of nitrogens with one attached hydrogen (secondary N) is 1. The molecule has 3 unspecified atom stereocenters. The number of hydrogen-bond donors (Lipinski definition) is 4. The first kappa shape index (κ1) is 27.2. The maximum Gasteiger partial charge on any atom is 0.328 e. The minimum Gasteiger partial charge on any atom is -0.464 e. The summed E-state index contributed by atoms with van der Waals surface area (Å²) in [4.78, 5) is 35.3. The summed E-state index contributed by atoms with van der Waals surface area (Å²) in [6, 6.07) is 4.97. The number of aryl methyl sites for hydroxylation is 1. The first-order valence-electron chi connectivity index (χ1n) is 9.76. The van der Waals surface area contributed by atoms with E-state index in [1.807, 2.05) is 42.1 Å². The molecule has 178 valence electrons. The predicted molar refractivity (Wildman–Crippen MR) is 119 cm³/mol. The average Bonchev–Trinajstić information content (AvgIpc) is 3.01. The molecule has 12 heteroatoms. The molecule has 0 saturated carbocycles. The van der Waals surface area contributed by atoms with Crippen molar-refractivity contribution < 1.29 is 32.1 Å². The second kappa shape index (κ2) is 12.3. The molecule has 0 fully saturated rings. The van der Waals surface area contributed by atoms with E-state index in [0.29, 0.717) is 12.5 Å². The van der Waals surface area contributed by atoms with Crippen molar-refractivity contribution in [1.82, 2.24) is 9.88 Å². The standard InChI is InChI=1S/C19H26N4O4.CH4O3S/c1-3-27-19(26)15(22-18(25)17(21)14(20)8-9-24)10-12-11-23(2)16-7-5-4-6-13(12)16;1-5(2,3)4/h4-7,9,11,14-15,17H,3,8,10,20-21H2,1-2H3,(H,22,25);1H3,(H,2,3,4). The molecule has 2 rings (SSSR count). The first-order chi connectivity index (χ1) is 14.9. The van der Waals surface area contributed by atoms with Crippen molar-refractivity contribution in [2.45, 2.75) is 37.9 Å².